The summed E-state index contributed by atoms with van der Waals surface area (Å²) in [6.07, 6.45) is 1.85. The SMILES string of the molecule is O=C([C@@H]1CCCN1)N1CCn2c(nc(-c3ccc(F)cc3)c2Nc2ccc(Cl)c(F)c2)C1. The highest BCUT2D eigenvalue weighted by Gasteiger charge is 2.31. The van der Waals surface area contributed by atoms with Gasteiger partial charge in [-0.2, -0.15) is 0 Å². The van der Waals surface area contributed by atoms with Crippen LogP contribution in [0.1, 0.15) is 18.7 Å². The fourth-order valence-corrected chi connectivity index (χ4v) is 4.40. The molecule has 0 saturated carbocycles. The molecule has 32 heavy (non-hydrogen) atoms. The van der Waals surface area contributed by atoms with Crippen LogP contribution in [0.15, 0.2) is 42.5 Å². The van der Waals surface area contributed by atoms with Gasteiger partial charge in [0.1, 0.15) is 29.0 Å². The molecular weight excluding hydrogens is 436 g/mol. The molecule has 1 aromatic heterocycles. The molecule has 1 atom stereocenters. The first-order valence-corrected chi connectivity index (χ1v) is 11.0. The first kappa shape index (κ1) is 20.9. The second-order valence-corrected chi connectivity index (χ2v) is 8.45. The Hall–Kier alpha value is -2.97. The maximum absolute atomic E-state index is 14.0. The summed E-state index contributed by atoms with van der Waals surface area (Å²) >= 11 is 5.82. The first-order valence-electron chi connectivity index (χ1n) is 10.6. The second-order valence-electron chi connectivity index (χ2n) is 8.05. The highest BCUT2D eigenvalue weighted by molar-refractivity contribution is 6.30. The Morgan fingerprint density at radius 1 is 1.16 bits per heavy atom. The normalized spacial score (nSPS) is 18.0. The molecule has 9 heteroatoms. The Labute approximate surface area is 189 Å². The van der Waals surface area contributed by atoms with Gasteiger partial charge in [0.25, 0.3) is 0 Å². The lowest BCUT2D eigenvalue weighted by atomic mass is 10.1. The molecule has 1 saturated heterocycles. The van der Waals surface area contributed by atoms with Crippen molar-refractivity contribution < 1.29 is 13.6 Å². The van der Waals surface area contributed by atoms with Gasteiger partial charge in [-0.25, -0.2) is 13.8 Å². The van der Waals surface area contributed by atoms with E-state index < -0.39 is 5.82 Å². The molecule has 0 aliphatic carbocycles. The average molecular weight is 458 g/mol. The van der Waals surface area contributed by atoms with Crippen molar-refractivity contribution in [2.75, 3.05) is 18.4 Å². The summed E-state index contributed by atoms with van der Waals surface area (Å²) in [4.78, 5) is 19.5. The van der Waals surface area contributed by atoms with Gasteiger partial charge in [-0.3, -0.25) is 4.79 Å². The smallest absolute Gasteiger partial charge is 0.240 e. The molecule has 2 aliphatic heterocycles. The van der Waals surface area contributed by atoms with E-state index in [2.05, 4.69) is 10.6 Å². The molecule has 2 aliphatic rings. The first-order chi connectivity index (χ1) is 15.5. The van der Waals surface area contributed by atoms with E-state index in [1.54, 1.807) is 18.2 Å². The number of hydrogen-bond donors (Lipinski definition) is 2. The van der Waals surface area contributed by atoms with Crippen LogP contribution in [0.2, 0.25) is 5.02 Å². The topological polar surface area (TPSA) is 62.2 Å². The fourth-order valence-electron chi connectivity index (χ4n) is 4.28. The Kier molecular flexibility index (Phi) is 5.57. The zero-order chi connectivity index (χ0) is 22.2. The zero-order valence-corrected chi connectivity index (χ0v) is 18.0. The molecule has 5 rings (SSSR count). The van der Waals surface area contributed by atoms with Gasteiger partial charge in [0.05, 0.1) is 17.6 Å². The van der Waals surface area contributed by atoms with Crippen LogP contribution in [0.4, 0.5) is 20.3 Å². The number of fused-ring (bicyclic) bond motifs is 1. The van der Waals surface area contributed by atoms with Crippen LogP contribution >= 0.6 is 11.6 Å². The van der Waals surface area contributed by atoms with Crippen molar-refractivity contribution in [2.24, 2.45) is 0 Å². The predicted octanol–water partition coefficient (Wildman–Crippen LogP) is 4.32. The van der Waals surface area contributed by atoms with Crippen LogP contribution in [0.5, 0.6) is 0 Å². The van der Waals surface area contributed by atoms with Crippen LogP contribution in [0, 0.1) is 11.6 Å². The number of carbonyl (C=O) groups is 1. The van der Waals surface area contributed by atoms with Crippen molar-refractivity contribution in [3.63, 3.8) is 0 Å². The van der Waals surface area contributed by atoms with Crippen LogP contribution in [0.3, 0.4) is 0 Å². The summed E-state index contributed by atoms with van der Waals surface area (Å²) in [6, 6.07) is 10.4. The Morgan fingerprint density at radius 2 is 1.97 bits per heavy atom. The summed E-state index contributed by atoms with van der Waals surface area (Å²) < 4.78 is 29.5. The number of nitrogens with one attached hydrogen (secondary N) is 2. The third kappa shape index (κ3) is 3.96. The zero-order valence-electron chi connectivity index (χ0n) is 17.2. The van der Waals surface area contributed by atoms with Crippen molar-refractivity contribution in [3.05, 3.63) is 64.9 Å². The minimum atomic E-state index is -0.529. The molecule has 0 unspecified atom stereocenters. The average Bonchev–Trinajstić information content (AvgIpc) is 3.45. The van der Waals surface area contributed by atoms with E-state index in [1.165, 1.54) is 24.3 Å². The number of amides is 1. The molecule has 1 amide bonds. The standard InChI is InChI=1S/C23H22ClF2N5O/c24-17-8-7-16(12-18(17)26)28-22-21(14-3-5-15(25)6-4-14)29-20-13-30(10-11-31(20)22)23(32)19-2-1-9-27-19/h3-8,12,19,27-28H,1-2,9-11,13H2/t19-/m0/s1. The molecule has 6 nitrogen and oxygen atoms in total. The van der Waals surface area contributed by atoms with E-state index in [0.29, 0.717) is 36.8 Å². The molecule has 0 spiro atoms. The van der Waals surface area contributed by atoms with E-state index in [-0.39, 0.29) is 22.8 Å². The van der Waals surface area contributed by atoms with Crippen LogP contribution < -0.4 is 10.6 Å². The Balaban J connectivity index is 1.50. The number of hydrogen-bond acceptors (Lipinski definition) is 4. The quantitative estimate of drug-likeness (QED) is 0.612. The lowest BCUT2D eigenvalue weighted by Gasteiger charge is -2.30. The van der Waals surface area contributed by atoms with E-state index in [1.807, 2.05) is 9.47 Å². The molecule has 2 N–H and O–H groups in total. The van der Waals surface area contributed by atoms with Crippen LogP contribution in [-0.2, 0) is 17.9 Å². The van der Waals surface area contributed by atoms with Gasteiger partial charge in [-0.15, -0.1) is 0 Å². The molecule has 0 radical (unpaired) electrons. The highest BCUT2D eigenvalue weighted by atomic mass is 35.5. The number of benzene rings is 2. The van der Waals surface area contributed by atoms with Gasteiger partial charge in [-0.05, 0) is 61.9 Å². The number of carbonyl (C=O) groups excluding carboxylic acids is 1. The van der Waals surface area contributed by atoms with Crippen LogP contribution in [-0.4, -0.2) is 39.5 Å². The van der Waals surface area contributed by atoms with Crippen molar-refractivity contribution in [1.82, 2.24) is 19.8 Å². The molecule has 3 aromatic rings. The van der Waals surface area contributed by atoms with Crippen molar-refractivity contribution >= 4 is 29.0 Å². The van der Waals surface area contributed by atoms with Gasteiger partial charge in [0, 0.05) is 24.3 Å². The Morgan fingerprint density at radius 3 is 2.69 bits per heavy atom. The maximum Gasteiger partial charge on any atom is 0.240 e. The molecule has 1 fully saturated rings. The predicted molar refractivity (Wildman–Crippen MR) is 119 cm³/mol. The summed E-state index contributed by atoms with van der Waals surface area (Å²) in [7, 11) is 0. The number of aromatic nitrogens is 2. The summed E-state index contributed by atoms with van der Waals surface area (Å²) in [5.74, 6) is 0.611. The van der Waals surface area contributed by atoms with Crippen molar-refractivity contribution in [1.29, 1.82) is 0 Å². The van der Waals surface area contributed by atoms with E-state index in [4.69, 9.17) is 16.6 Å². The van der Waals surface area contributed by atoms with Crippen molar-refractivity contribution in [3.8, 4) is 11.3 Å². The molecule has 3 heterocycles. The minimum absolute atomic E-state index is 0.0410. The summed E-state index contributed by atoms with van der Waals surface area (Å²) in [6.45, 7) is 2.33. The largest absolute Gasteiger partial charge is 0.340 e. The van der Waals surface area contributed by atoms with E-state index in [9.17, 15) is 13.6 Å². The van der Waals surface area contributed by atoms with E-state index in [0.717, 1.165) is 30.8 Å². The number of imidazole rings is 1. The molecule has 2 aromatic carbocycles. The third-order valence-corrected chi connectivity index (χ3v) is 6.25. The monoisotopic (exact) mass is 457 g/mol. The van der Waals surface area contributed by atoms with Gasteiger partial charge < -0.3 is 20.1 Å². The number of nitrogens with zero attached hydrogens (tertiary/aromatic N) is 3. The molecule has 0 bridgehead atoms. The van der Waals surface area contributed by atoms with Gasteiger partial charge in [0.15, 0.2) is 0 Å². The second kappa shape index (κ2) is 8.52. The lowest BCUT2D eigenvalue weighted by Crippen LogP contribution is -2.46. The lowest BCUT2D eigenvalue weighted by molar-refractivity contribution is -0.134. The number of rotatable bonds is 4. The van der Waals surface area contributed by atoms with Gasteiger partial charge in [-0.1, -0.05) is 11.6 Å². The molecular formula is C23H22ClF2N5O. The highest BCUT2D eigenvalue weighted by Crippen LogP contribution is 2.34. The number of anilines is 2. The van der Waals surface area contributed by atoms with Crippen molar-refractivity contribution in [2.45, 2.75) is 32.0 Å². The fraction of sp³-hybridized carbons (Fsp3) is 0.304. The van der Waals surface area contributed by atoms with Gasteiger partial charge >= 0.3 is 0 Å². The third-order valence-electron chi connectivity index (χ3n) is 5.94. The van der Waals surface area contributed by atoms with Crippen LogP contribution in [0.25, 0.3) is 11.3 Å². The van der Waals surface area contributed by atoms with Gasteiger partial charge in [0.2, 0.25) is 5.91 Å². The number of halogens is 3. The summed E-state index contributed by atoms with van der Waals surface area (Å²) in [5.41, 5.74) is 1.86. The summed E-state index contributed by atoms with van der Waals surface area (Å²) in [5, 5.41) is 6.55. The molecule has 166 valence electrons. The maximum atomic E-state index is 14.0. The van der Waals surface area contributed by atoms with E-state index >= 15 is 0 Å². The Bertz CT molecular complexity index is 1160. The minimum Gasteiger partial charge on any atom is -0.340 e.